The molecular formula is C11H15N3O2. The van der Waals surface area contributed by atoms with Crippen molar-refractivity contribution in [3.8, 4) is 0 Å². The number of carbonyl (C=O) groups excluding carboxylic acids is 1. The van der Waals surface area contributed by atoms with Gasteiger partial charge in [-0.15, -0.1) is 0 Å². The Balaban J connectivity index is 1.85. The van der Waals surface area contributed by atoms with Crippen LogP contribution < -0.4 is 5.32 Å². The highest BCUT2D eigenvalue weighted by Crippen LogP contribution is 2.47. The third kappa shape index (κ3) is 2.55. The number of aliphatic hydroxyl groups is 1. The van der Waals surface area contributed by atoms with E-state index in [4.69, 9.17) is 5.11 Å². The molecule has 0 unspecified atom stereocenters. The quantitative estimate of drug-likeness (QED) is 0.753. The fourth-order valence-corrected chi connectivity index (χ4v) is 1.70. The van der Waals surface area contributed by atoms with Crippen molar-refractivity contribution in [2.75, 3.05) is 13.2 Å². The van der Waals surface area contributed by atoms with Gasteiger partial charge < -0.3 is 10.4 Å². The van der Waals surface area contributed by atoms with E-state index in [-0.39, 0.29) is 17.9 Å². The Bertz CT molecular complexity index is 363. The van der Waals surface area contributed by atoms with Gasteiger partial charge in [-0.3, -0.25) is 9.78 Å². The van der Waals surface area contributed by atoms with E-state index >= 15 is 0 Å². The Morgan fingerprint density at radius 3 is 2.88 bits per heavy atom. The van der Waals surface area contributed by atoms with E-state index in [0.29, 0.717) is 12.2 Å². The summed E-state index contributed by atoms with van der Waals surface area (Å²) < 4.78 is 0. The maximum Gasteiger partial charge on any atom is 0.271 e. The average Bonchev–Trinajstić information content (AvgIpc) is 3.08. The maximum absolute atomic E-state index is 11.6. The molecule has 0 saturated heterocycles. The lowest BCUT2D eigenvalue weighted by molar-refractivity contribution is 0.0935. The highest BCUT2D eigenvalue weighted by molar-refractivity contribution is 5.91. The number of aliphatic hydroxyl groups excluding tert-OH is 1. The first-order valence-corrected chi connectivity index (χ1v) is 5.41. The number of amides is 1. The summed E-state index contributed by atoms with van der Waals surface area (Å²) in [7, 11) is 0. The maximum atomic E-state index is 11.6. The lowest BCUT2D eigenvalue weighted by atomic mass is 10.0. The van der Waals surface area contributed by atoms with Gasteiger partial charge in [0, 0.05) is 25.5 Å². The minimum atomic E-state index is -0.197. The van der Waals surface area contributed by atoms with Crippen molar-refractivity contribution in [1.29, 1.82) is 0 Å². The third-order valence-corrected chi connectivity index (χ3v) is 3.02. The number of carbonyl (C=O) groups is 1. The summed E-state index contributed by atoms with van der Waals surface area (Å²) in [5.41, 5.74) is 0.467. The molecule has 1 heterocycles. The number of nitrogens with one attached hydrogen (secondary N) is 1. The van der Waals surface area contributed by atoms with Gasteiger partial charge in [0.05, 0.1) is 6.20 Å². The van der Waals surface area contributed by atoms with Gasteiger partial charge >= 0.3 is 0 Å². The molecule has 5 nitrogen and oxygen atoms in total. The summed E-state index contributed by atoms with van der Waals surface area (Å²) in [6, 6.07) is 0. The van der Waals surface area contributed by atoms with Gasteiger partial charge in [-0.05, 0) is 24.7 Å². The fraction of sp³-hybridized carbons (Fsp3) is 0.545. The molecule has 0 atom stereocenters. The van der Waals surface area contributed by atoms with Gasteiger partial charge in [0.2, 0.25) is 0 Å². The number of rotatable bonds is 5. The molecular weight excluding hydrogens is 206 g/mol. The Labute approximate surface area is 93.9 Å². The van der Waals surface area contributed by atoms with Gasteiger partial charge in [0.15, 0.2) is 0 Å². The summed E-state index contributed by atoms with van der Waals surface area (Å²) in [4.78, 5) is 19.4. The lowest BCUT2D eigenvalue weighted by Crippen LogP contribution is -2.31. The molecule has 0 aliphatic heterocycles. The standard InChI is InChI=1S/C11H15N3O2/c15-6-3-11(1-2-11)8-14-10(16)9-7-12-4-5-13-9/h4-5,7,15H,1-3,6,8H2,(H,14,16). The van der Waals surface area contributed by atoms with Gasteiger partial charge in [0.1, 0.15) is 5.69 Å². The van der Waals surface area contributed by atoms with Crippen LogP contribution in [-0.4, -0.2) is 34.1 Å². The van der Waals surface area contributed by atoms with E-state index in [9.17, 15) is 4.79 Å². The van der Waals surface area contributed by atoms with Crippen molar-refractivity contribution < 1.29 is 9.90 Å². The minimum Gasteiger partial charge on any atom is -0.396 e. The van der Waals surface area contributed by atoms with Crippen molar-refractivity contribution in [2.45, 2.75) is 19.3 Å². The summed E-state index contributed by atoms with van der Waals surface area (Å²) in [6.45, 7) is 0.796. The van der Waals surface area contributed by atoms with Crippen LogP contribution >= 0.6 is 0 Å². The molecule has 2 rings (SSSR count). The van der Waals surface area contributed by atoms with Crippen LogP contribution in [0.4, 0.5) is 0 Å². The van der Waals surface area contributed by atoms with Crippen LogP contribution in [-0.2, 0) is 0 Å². The molecule has 1 aliphatic carbocycles. The molecule has 16 heavy (non-hydrogen) atoms. The number of aromatic nitrogens is 2. The summed E-state index contributed by atoms with van der Waals surface area (Å²) in [6.07, 6.45) is 7.39. The monoisotopic (exact) mass is 221 g/mol. The largest absolute Gasteiger partial charge is 0.396 e. The zero-order valence-corrected chi connectivity index (χ0v) is 9.02. The molecule has 1 aromatic rings. The van der Waals surface area contributed by atoms with E-state index in [1.807, 2.05) is 0 Å². The van der Waals surface area contributed by atoms with E-state index in [0.717, 1.165) is 19.3 Å². The molecule has 1 saturated carbocycles. The Hall–Kier alpha value is -1.49. The summed E-state index contributed by atoms with van der Waals surface area (Å²) in [5, 5.41) is 11.7. The van der Waals surface area contributed by atoms with Crippen molar-refractivity contribution in [1.82, 2.24) is 15.3 Å². The first-order chi connectivity index (χ1) is 7.76. The predicted molar refractivity (Wildman–Crippen MR) is 57.7 cm³/mol. The second-order valence-corrected chi connectivity index (χ2v) is 4.25. The highest BCUT2D eigenvalue weighted by Gasteiger charge is 2.41. The van der Waals surface area contributed by atoms with E-state index < -0.39 is 0 Å². The van der Waals surface area contributed by atoms with Crippen molar-refractivity contribution >= 4 is 5.91 Å². The molecule has 0 radical (unpaired) electrons. The predicted octanol–water partition coefficient (Wildman–Crippen LogP) is 0.369. The van der Waals surface area contributed by atoms with Crippen molar-refractivity contribution in [3.63, 3.8) is 0 Å². The van der Waals surface area contributed by atoms with E-state index in [1.54, 1.807) is 0 Å². The van der Waals surface area contributed by atoms with Crippen LogP contribution in [0.25, 0.3) is 0 Å². The molecule has 0 bridgehead atoms. The normalized spacial score (nSPS) is 16.8. The number of hydrogen-bond donors (Lipinski definition) is 2. The molecule has 1 amide bonds. The molecule has 1 aromatic heterocycles. The zero-order valence-electron chi connectivity index (χ0n) is 9.02. The van der Waals surface area contributed by atoms with Crippen molar-refractivity contribution in [3.05, 3.63) is 24.3 Å². The van der Waals surface area contributed by atoms with Gasteiger partial charge in [-0.2, -0.15) is 0 Å². The van der Waals surface area contributed by atoms with E-state index in [2.05, 4.69) is 15.3 Å². The topological polar surface area (TPSA) is 75.1 Å². The van der Waals surface area contributed by atoms with Crippen LogP contribution in [0.5, 0.6) is 0 Å². The van der Waals surface area contributed by atoms with Gasteiger partial charge in [0.25, 0.3) is 5.91 Å². The second kappa shape index (κ2) is 4.57. The minimum absolute atomic E-state index is 0.132. The molecule has 86 valence electrons. The molecule has 1 fully saturated rings. The van der Waals surface area contributed by atoms with Crippen LogP contribution in [0.1, 0.15) is 29.8 Å². The summed E-state index contributed by atoms with van der Waals surface area (Å²) >= 11 is 0. The van der Waals surface area contributed by atoms with Crippen molar-refractivity contribution in [2.24, 2.45) is 5.41 Å². The SMILES string of the molecule is O=C(NCC1(CCO)CC1)c1cnccn1. The lowest BCUT2D eigenvalue weighted by Gasteiger charge is -2.13. The summed E-state index contributed by atoms with van der Waals surface area (Å²) in [5.74, 6) is -0.197. The first-order valence-electron chi connectivity index (χ1n) is 5.41. The van der Waals surface area contributed by atoms with Crippen LogP contribution in [0.2, 0.25) is 0 Å². The van der Waals surface area contributed by atoms with Crippen LogP contribution in [0.3, 0.4) is 0 Å². The molecule has 1 aliphatic rings. The molecule has 0 aromatic carbocycles. The molecule has 2 N–H and O–H groups in total. The number of nitrogens with zero attached hydrogens (tertiary/aromatic N) is 2. The molecule has 5 heteroatoms. The van der Waals surface area contributed by atoms with Crippen LogP contribution in [0, 0.1) is 5.41 Å². The number of hydrogen-bond acceptors (Lipinski definition) is 4. The van der Waals surface area contributed by atoms with Crippen LogP contribution in [0.15, 0.2) is 18.6 Å². The third-order valence-electron chi connectivity index (χ3n) is 3.02. The average molecular weight is 221 g/mol. The smallest absolute Gasteiger partial charge is 0.271 e. The fourth-order valence-electron chi connectivity index (χ4n) is 1.70. The Morgan fingerprint density at radius 1 is 1.50 bits per heavy atom. The highest BCUT2D eigenvalue weighted by atomic mass is 16.3. The van der Waals surface area contributed by atoms with Gasteiger partial charge in [-0.1, -0.05) is 0 Å². The zero-order chi connectivity index (χ0) is 11.4. The first kappa shape index (κ1) is 11.0. The second-order valence-electron chi connectivity index (χ2n) is 4.25. The van der Waals surface area contributed by atoms with E-state index in [1.165, 1.54) is 18.6 Å². The van der Waals surface area contributed by atoms with Gasteiger partial charge in [-0.25, -0.2) is 4.98 Å². The Morgan fingerprint density at radius 2 is 2.31 bits per heavy atom. The molecule has 0 spiro atoms. The Kier molecular flexibility index (Phi) is 3.14.